The van der Waals surface area contributed by atoms with Crippen molar-refractivity contribution < 1.29 is 4.42 Å². The molecule has 1 nitrogen and oxygen atoms in total. The Hall–Kier alpha value is -2.80. The van der Waals surface area contributed by atoms with Gasteiger partial charge in [-0.1, -0.05) is 68.4 Å². The van der Waals surface area contributed by atoms with Gasteiger partial charge in [0.1, 0.15) is 11.2 Å². The molecule has 0 aliphatic rings. The first-order valence-corrected chi connectivity index (χ1v) is 8.49. The lowest BCUT2D eigenvalue weighted by Crippen LogP contribution is -1.89. The predicted octanol–water partition coefficient (Wildman–Crippen LogP) is 7.02. The summed E-state index contributed by atoms with van der Waals surface area (Å²) in [6.07, 6.45) is 0. The van der Waals surface area contributed by atoms with Gasteiger partial charge in [0.15, 0.2) is 0 Å². The molecule has 5 aromatic rings. The summed E-state index contributed by atoms with van der Waals surface area (Å²) in [5.41, 5.74) is 3.29. The minimum Gasteiger partial charge on any atom is -0.456 e. The molecule has 0 saturated carbocycles. The summed E-state index contributed by atoms with van der Waals surface area (Å²) in [4.78, 5) is 0. The number of hydrogen-bond donors (Lipinski definition) is 0. The molecule has 24 heavy (non-hydrogen) atoms. The average molecular weight is 310 g/mol. The van der Waals surface area contributed by atoms with Crippen LogP contribution in [0.15, 0.2) is 71.1 Å². The fraction of sp³-hybridized carbons (Fsp3) is 0.130. The molecule has 0 fully saturated rings. The largest absolute Gasteiger partial charge is 0.456 e. The van der Waals surface area contributed by atoms with Crippen LogP contribution >= 0.6 is 0 Å². The van der Waals surface area contributed by atoms with E-state index < -0.39 is 0 Å². The van der Waals surface area contributed by atoms with Crippen molar-refractivity contribution in [2.24, 2.45) is 0 Å². The van der Waals surface area contributed by atoms with E-state index in [0.717, 1.165) is 11.2 Å². The SMILES string of the molecule is CC(C)c1cc2ccccc2c2c1oc1ccc3ccccc3c12. The minimum absolute atomic E-state index is 0.420. The lowest BCUT2D eigenvalue weighted by atomic mass is 9.93. The standard InChI is InChI=1S/C23H18O/c1-14(2)19-13-16-8-4-6-10-18(16)22-21-17-9-5-3-7-15(17)11-12-20(21)24-23(19)22/h3-14H,1-2H3. The molecule has 0 aliphatic heterocycles. The maximum Gasteiger partial charge on any atom is 0.139 e. The number of rotatable bonds is 1. The summed E-state index contributed by atoms with van der Waals surface area (Å²) in [6, 6.07) is 23.7. The van der Waals surface area contributed by atoms with Crippen molar-refractivity contribution in [3.8, 4) is 0 Å². The Morgan fingerprint density at radius 1 is 0.708 bits per heavy atom. The van der Waals surface area contributed by atoms with Crippen LogP contribution in [-0.2, 0) is 0 Å². The van der Waals surface area contributed by atoms with Crippen LogP contribution in [0.5, 0.6) is 0 Å². The molecule has 1 heterocycles. The first kappa shape index (κ1) is 13.6. The highest BCUT2D eigenvalue weighted by Gasteiger charge is 2.18. The van der Waals surface area contributed by atoms with E-state index >= 15 is 0 Å². The van der Waals surface area contributed by atoms with E-state index in [1.54, 1.807) is 0 Å². The number of fused-ring (bicyclic) bond motifs is 7. The average Bonchev–Trinajstić information content (AvgIpc) is 3.01. The van der Waals surface area contributed by atoms with Crippen LogP contribution < -0.4 is 0 Å². The number of hydrogen-bond acceptors (Lipinski definition) is 1. The van der Waals surface area contributed by atoms with Crippen LogP contribution in [0.3, 0.4) is 0 Å². The lowest BCUT2D eigenvalue weighted by Gasteiger charge is -2.09. The third-order valence-electron chi connectivity index (χ3n) is 5.01. The molecular formula is C23H18O. The molecule has 0 aliphatic carbocycles. The second kappa shape index (κ2) is 4.85. The molecule has 1 heteroatoms. The van der Waals surface area contributed by atoms with Crippen LogP contribution in [0, 0.1) is 0 Å². The lowest BCUT2D eigenvalue weighted by molar-refractivity contribution is 0.657. The first-order valence-electron chi connectivity index (χ1n) is 8.49. The zero-order valence-corrected chi connectivity index (χ0v) is 13.8. The summed E-state index contributed by atoms with van der Waals surface area (Å²) < 4.78 is 6.36. The minimum atomic E-state index is 0.420. The van der Waals surface area contributed by atoms with Gasteiger partial charge in [-0.15, -0.1) is 0 Å². The molecule has 4 aromatic carbocycles. The monoisotopic (exact) mass is 310 g/mol. The molecule has 0 radical (unpaired) electrons. The van der Waals surface area contributed by atoms with Gasteiger partial charge in [0.05, 0.1) is 0 Å². The summed E-state index contributed by atoms with van der Waals surface area (Å²) in [6.45, 7) is 4.46. The van der Waals surface area contributed by atoms with Crippen LogP contribution in [0.2, 0.25) is 0 Å². The second-order valence-electron chi connectivity index (χ2n) is 6.81. The van der Waals surface area contributed by atoms with Gasteiger partial charge in [0.25, 0.3) is 0 Å². The molecular weight excluding hydrogens is 292 g/mol. The molecule has 1 aromatic heterocycles. The van der Waals surface area contributed by atoms with Crippen molar-refractivity contribution in [1.82, 2.24) is 0 Å². The molecule has 116 valence electrons. The van der Waals surface area contributed by atoms with Crippen LogP contribution in [-0.4, -0.2) is 0 Å². The van der Waals surface area contributed by atoms with E-state index in [9.17, 15) is 0 Å². The van der Waals surface area contributed by atoms with Crippen LogP contribution in [0.4, 0.5) is 0 Å². The van der Waals surface area contributed by atoms with E-state index in [0.29, 0.717) is 5.92 Å². The zero-order valence-electron chi connectivity index (χ0n) is 13.8. The molecule has 0 unspecified atom stereocenters. The normalized spacial score (nSPS) is 12.1. The molecule has 0 spiro atoms. The van der Waals surface area contributed by atoms with Crippen molar-refractivity contribution in [3.63, 3.8) is 0 Å². The third kappa shape index (κ3) is 1.75. The second-order valence-corrected chi connectivity index (χ2v) is 6.81. The van der Waals surface area contributed by atoms with Gasteiger partial charge >= 0.3 is 0 Å². The van der Waals surface area contributed by atoms with Crippen molar-refractivity contribution in [3.05, 3.63) is 72.3 Å². The van der Waals surface area contributed by atoms with Gasteiger partial charge in [-0.2, -0.15) is 0 Å². The Morgan fingerprint density at radius 2 is 1.38 bits per heavy atom. The Kier molecular flexibility index (Phi) is 2.75. The van der Waals surface area contributed by atoms with Gasteiger partial charge in [-0.25, -0.2) is 0 Å². The Balaban J connectivity index is 2.15. The van der Waals surface area contributed by atoms with Gasteiger partial charge in [0, 0.05) is 10.8 Å². The molecule has 0 saturated heterocycles. The molecule has 0 atom stereocenters. The van der Waals surface area contributed by atoms with E-state index in [4.69, 9.17) is 4.42 Å². The highest BCUT2D eigenvalue weighted by atomic mass is 16.3. The van der Waals surface area contributed by atoms with Crippen molar-refractivity contribution in [2.75, 3.05) is 0 Å². The first-order chi connectivity index (χ1) is 11.7. The maximum absolute atomic E-state index is 6.36. The van der Waals surface area contributed by atoms with Gasteiger partial charge in [0.2, 0.25) is 0 Å². The van der Waals surface area contributed by atoms with Gasteiger partial charge in [-0.3, -0.25) is 0 Å². The Labute approximate surface area is 140 Å². The highest BCUT2D eigenvalue weighted by Crippen LogP contribution is 2.41. The number of benzene rings is 4. The molecule has 0 N–H and O–H groups in total. The van der Waals surface area contributed by atoms with Crippen molar-refractivity contribution in [1.29, 1.82) is 0 Å². The van der Waals surface area contributed by atoms with Crippen molar-refractivity contribution >= 4 is 43.5 Å². The number of furan rings is 1. The van der Waals surface area contributed by atoms with Crippen LogP contribution in [0.1, 0.15) is 25.3 Å². The van der Waals surface area contributed by atoms with E-state index in [-0.39, 0.29) is 0 Å². The fourth-order valence-electron chi connectivity index (χ4n) is 3.84. The highest BCUT2D eigenvalue weighted by molar-refractivity contribution is 6.26. The summed E-state index contributed by atoms with van der Waals surface area (Å²) in [5, 5.41) is 7.56. The molecule has 5 rings (SSSR count). The smallest absolute Gasteiger partial charge is 0.139 e. The Morgan fingerprint density at radius 3 is 2.12 bits per heavy atom. The fourth-order valence-corrected chi connectivity index (χ4v) is 3.84. The topological polar surface area (TPSA) is 13.1 Å². The van der Waals surface area contributed by atoms with E-state index in [2.05, 4.69) is 80.6 Å². The van der Waals surface area contributed by atoms with Gasteiger partial charge in [-0.05, 0) is 45.2 Å². The van der Waals surface area contributed by atoms with E-state index in [1.807, 2.05) is 0 Å². The van der Waals surface area contributed by atoms with Gasteiger partial charge < -0.3 is 4.42 Å². The predicted molar refractivity (Wildman–Crippen MR) is 103 cm³/mol. The quantitative estimate of drug-likeness (QED) is 0.324. The summed E-state index contributed by atoms with van der Waals surface area (Å²) >= 11 is 0. The third-order valence-corrected chi connectivity index (χ3v) is 5.01. The van der Waals surface area contributed by atoms with Crippen LogP contribution in [0.25, 0.3) is 43.5 Å². The zero-order chi connectivity index (χ0) is 16.3. The maximum atomic E-state index is 6.36. The van der Waals surface area contributed by atoms with E-state index in [1.165, 1.54) is 37.9 Å². The summed E-state index contributed by atoms with van der Waals surface area (Å²) in [7, 11) is 0. The van der Waals surface area contributed by atoms with Crippen molar-refractivity contribution in [2.45, 2.75) is 19.8 Å². The molecule has 0 amide bonds. The molecule has 0 bridgehead atoms. The Bertz CT molecular complexity index is 1220. The summed E-state index contributed by atoms with van der Waals surface area (Å²) in [5.74, 6) is 0.420.